The molecule has 0 saturated carbocycles. The average Bonchev–Trinajstić information content (AvgIpc) is 2.26. The number of carbonyl (C=O) groups excluding carboxylic acids is 2. The summed E-state index contributed by atoms with van der Waals surface area (Å²) in [6.07, 6.45) is 0.184. The molecular formula is C11H22ClN3O3. The van der Waals surface area contributed by atoms with Crippen molar-refractivity contribution in [3.05, 3.63) is 0 Å². The predicted octanol–water partition coefficient (Wildman–Crippen LogP) is -0.491. The van der Waals surface area contributed by atoms with Crippen molar-refractivity contribution in [3.8, 4) is 0 Å². The zero-order chi connectivity index (χ0) is 12.8. The highest BCUT2D eigenvalue weighted by Crippen LogP contribution is 2.07. The molecule has 106 valence electrons. The Hall–Kier alpha value is -0.850. The maximum Gasteiger partial charge on any atom is 0.237 e. The fourth-order valence-electron chi connectivity index (χ4n) is 1.79. The molecule has 1 aliphatic heterocycles. The summed E-state index contributed by atoms with van der Waals surface area (Å²) in [6.45, 7) is 5.81. The summed E-state index contributed by atoms with van der Waals surface area (Å²) in [5, 5.41) is 3.16. The van der Waals surface area contributed by atoms with Gasteiger partial charge in [-0.05, 0) is 13.8 Å². The van der Waals surface area contributed by atoms with Gasteiger partial charge in [-0.3, -0.25) is 9.59 Å². The lowest BCUT2D eigenvalue weighted by Crippen LogP contribution is -2.46. The number of halogens is 1. The van der Waals surface area contributed by atoms with Crippen molar-refractivity contribution in [1.82, 2.24) is 10.2 Å². The Morgan fingerprint density at radius 3 is 2.61 bits per heavy atom. The molecule has 18 heavy (non-hydrogen) atoms. The van der Waals surface area contributed by atoms with E-state index in [1.807, 2.05) is 13.8 Å². The second-order valence-corrected chi connectivity index (χ2v) is 4.48. The van der Waals surface area contributed by atoms with E-state index in [1.54, 1.807) is 0 Å². The van der Waals surface area contributed by atoms with Crippen molar-refractivity contribution in [3.63, 3.8) is 0 Å². The summed E-state index contributed by atoms with van der Waals surface area (Å²) >= 11 is 0. The predicted molar refractivity (Wildman–Crippen MR) is 70.5 cm³/mol. The number of hydrogen-bond acceptors (Lipinski definition) is 4. The van der Waals surface area contributed by atoms with Crippen LogP contribution in [0.5, 0.6) is 0 Å². The number of amides is 2. The minimum Gasteiger partial charge on any atom is -0.375 e. The molecule has 0 radical (unpaired) electrons. The Morgan fingerprint density at radius 1 is 1.50 bits per heavy atom. The number of rotatable bonds is 5. The SMILES string of the molecule is CC(C)N(CC(N)=O)C(=O)CC1CNCCO1.Cl. The molecular weight excluding hydrogens is 258 g/mol. The van der Waals surface area contributed by atoms with Crippen molar-refractivity contribution in [2.24, 2.45) is 5.73 Å². The molecule has 1 fully saturated rings. The van der Waals surface area contributed by atoms with E-state index >= 15 is 0 Å². The van der Waals surface area contributed by atoms with E-state index in [2.05, 4.69) is 5.32 Å². The first kappa shape index (κ1) is 17.2. The van der Waals surface area contributed by atoms with E-state index in [0.29, 0.717) is 19.6 Å². The monoisotopic (exact) mass is 279 g/mol. The zero-order valence-corrected chi connectivity index (χ0v) is 11.7. The lowest BCUT2D eigenvalue weighted by Gasteiger charge is -2.29. The minimum atomic E-state index is -0.491. The van der Waals surface area contributed by atoms with Crippen LogP contribution in [0.25, 0.3) is 0 Å². The van der Waals surface area contributed by atoms with Crippen molar-refractivity contribution in [2.45, 2.75) is 32.4 Å². The topological polar surface area (TPSA) is 84.7 Å². The molecule has 1 atom stereocenters. The van der Waals surface area contributed by atoms with Crippen LogP contribution in [0, 0.1) is 0 Å². The van der Waals surface area contributed by atoms with Crippen LogP contribution >= 0.6 is 12.4 Å². The van der Waals surface area contributed by atoms with Crippen LogP contribution in [-0.2, 0) is 14.3 Å². The highest BCUT2D eigenvalue weighted by molar-refractivity contribution is 5.85. The number of hydrogen-bond donors (Lipinski definition) is 2. The molecule has 0 aromatic rings. The minimum absolute atomic E-state index is 0. The molecule has 1 aliphatic rings. The van der Waals surface area contributed by atoms with Crippen LogP contribution in [-0.4, -0.2) is 55.1 Å². The average molecular weight is 280 g/mol. The summed E-state index contributed by atoms with van der Waals surface area (Å²) < 4.78 is 5.46. The fraction of sp³-hybridized carbons (Fsp3) is 0.818. The number of nitrogens with one attached hydrogen (secondary N) is 1. The van der Waals surface area contributed by atoms with Gasteiger partial charge in [0.2, 0.25) is 11.8 Å². The van der Waals surface area contributed by atoms with Crippen LogP contribution in [0.3, 0.4) is 0 Å². The molecule has 1 unspecified atom stereocenters. The van der Waals surface area contributed by atoms with Gasteiger partial charge in [0.05, 0.1) is 25.7 Å². The summed E-state index contributed by atoms with van der Waals surface area (Å²) in [5.74, 6) is -0.581. The quantitative estimate of drug-likeness (QED) is 0.711. The largest absolute Gasteiger partial charge is 0.375 e. The second-order valence-electron chi connectivity index (χ2n) is 4.48. The van der Waals surface area contributed by atoms with Crippen LogP contribution in [0.1, 0.15) is 20.3 Å². The second kappa shape index (κ2) is 8.29. The number of nitrogens with zero attached hydrogens (tertiary/aromatic N) is 1. The van der Waals surface area contributed by atoms with Crippen LogP contribution in [0.2, 0.25) is 0 Å². The number of carbonyl (C=O) groups is 2. The van der Waals surface area contributed by atoms with Gasteiger partial charge in [0, 0.05) is 19.1 Å². The first-order chi connectivity index (χ1) is 8.00. The summed E-state index contributed by atoms with van der Waals surface area (Å²) in [6, 6.07) is -0.0356. The van der Waals surface area contributed by atoms with Gasteiger partial charge in [0.15, 0.2) is 0 Å². The Bertz CT molecular complexity index is 281. The molecule has 0 aromatic heterocycles. The van der Waals surface area contributed by atoms with E-state index in [0.717, 1.165) is 6.54 Å². The smallest absolute Gasteiger partial charge is 0.237 e. The first-order valence-corrected chi connectivity index (χ1v) is 5.90. The third kappa shape index (κ3) is 5.66. The van der Waals surface area contributed by atoms with Gasteiger partial charge in [-0.1, -0.05) is 0 Å². The number of morpholine rings is 1. The Labute approximate surface area is 114 Å². The third-order valence-corrected chi connectivity index (χ3v) is 2.68. The molecule has 6 nitrogen and oxygen atoms in total. The highest BCUT2D eigenvalue weighted by Gasteiger charge is 2.24. The van der Waals surface area contributed by atoms with E-state index in [4.69, 9.17) is 10.5 Å². The van der Waals surface area contributed by atoms with Gasteiger partial charge in [-0.15, -0.1) is 12.4 Å². The van der Waals surface area contributed by atoms with Gasteiger partial charge in [-0.2, -0.15) is 0 Å². The highest BCUT2D eigenvalue weighted by atomic mass is 35.5. The molecule has 7 heteroatoms. The maximum atomic E-state index is 12.0. The number of ether oxygens (including phenoxy) is 1. The third-order valence-electron chi connectivity index (χ3n) is 2.68. The lowest BCUT2D eigenvalue weighted by molar-refractivity contribution is -0.139. The van der Waals surface area contributed by atoms with Crippen LogP contribution < -0.4 is 11.1 Å². The molecule has 2 amide bonds. The summed E-state index contributed by atoms with van der Waals surface area (Å²) in [5.41, 5.74) is 5.13. The van der Waals surface area contributed by atoms with E-state index in [9.17, 15) is 9.59 Å². The Kier molecular flexibility index (Phi) is 7.90. The molecule has 1 saturated heterocycles. The number of nitrogens with two attached hydrogens (primary N) is 1. The van der Waals surface area contributed by atoms with E-state index < -0.39 is 5.91 Å². The molecule has 0 aliphatic carbocycles. The fourth-order valence-corrected chi connectivity index (χ4v) is 1.79. The van der Waals surface area contributed by atoms with Crippen LogP contribution in [0.4, 0.5) is 0 Å². The van der Waals surface area contributed by atoms with Crippen molar-refractivity contribution in [2.75, 3.05) is 26.2 Å². The Balaban J connectivity index is 0.00000289. The van der Waals surface area contributed by atoms with Crippen molar-refractivity contribution >= 4 is 24.2 Å². The maximum absolute atomic E-state index is 12.0. The van der Waals surface area contributed by atoms with Gasteiger partial charge >= 0.3 is 0 Å². The molecule has 3 N–H and O–H groups in total. The Morgan fingerprint density at radius 2 is 2.17 bits per heavy atom. The van der Waals surface area contributed by atoms with Gasteiger partial charge in [-0.25, -0.2) is 0 Å². The molecule has 0 spiro atoms. The van der Waals surface area contributed by atoms with Crippen molar-refractivity contribution in [1.29, 1.82) is 0 Å². The molecule has 1 rings (SSSR count). The van der Waals surface area contributed by atoms with E-state index in [1.165, 1.54) is 4.90 Å². The van der Waals surface area contributed by atoms with Gasteiger partial charge in [0.25, 0.3) is 0 Å². The van der Waals surface area contributed by atoms with Crippen molar-refractivity contribution < 1.29 is 14.3 Å². The van der Waals surface area contributed by atoms with Crippen LogP contribution in [0.15, 0.2) is 0 Å². The standard InChI is InChI=1S/C11H21N3O3.ClH/c1-8(2)14(7-10(12)15)11(16)5-9-6-13-3-4-17-9;/h8-9,13H,3-7H2,1-2H3,(H2,12,15);1H. The summed E-state index contributed by atoms with van der Waals surface area (Å²) in [7, 11) is 0. The van der Waals surface area contributed by atoms with Gasteiger partial charge < -0.3 is 20.7 Å². The molecule has 0 bridgehead atoms. The zero-order valence-electron chi connectivity index (χ0n) is 10.8. The number of primary amides is 1. The molecule has 0 aromatic carbocycles. The normalized spacial score (nSPS) is 19.2. The van der Waals surface area contributed by atoms with Gasteiger partial charge in [0.1, 0.15) is 0 Å². The lowest BCUT2D eigenvalue weighted by atomic mass is 10.2. The first-order valence-electron chi connectivity index (χ1n) is 5.90. The summed E-state index contributed by atoms with van der Waals surface area (Å²) in [4.78, 5) is 24.4. The van der Waals surface area contributed by atoms with E-state index in [-0.39, 0.29) is 37.0 Å². The molecule has 1 heterocycles.